The van der Waals surface area contributed by atoms with Crippen molar-refractivity contribution >= 4 is 17.3 Å². The molecule has 0 radical (unpaired) electrons. The van der Waals surface area contributed by atoms with Gasteiger partial charge in [-0.3, -0.25) is 0 Å². The van der Waals surface area contributed by atoms with Crippen molar-refractivity contribution in [3.63, 3.8) is 0 Å². The van der Waals surface area contributed by atoms with Gasteiger partial charge in [0.1, 0.15) is 11.5 Å². The van der Waals surface area contributed by atoms with Crippen molar-refractivity contribution < 1.29 is 9.47 Å². The number of ether oxygens (including phenoxy) is 2. The zero-order chi connectivity index (χ0) is 14.8. The molecule has 2 aromatic rings. The van der Waals surface area contributed by atoms with Crippen molar-refractivity contribution in [2.45, 2.75) is 18.9 Å². The predicted octanol–water partition coefficient (Wildman–Crippen LogP) is 4.46. The van der Waals surface area contributed by atoms with E-state index in [0.29, 0.717) is 16.8 Å². The van der Waals surface area contributed by atoms with Gasteiger partial charge in [-0.25, -0.2) is 0 Å². The Morgan fingerprint density at radius 3 is 2.71 bits per heavy atom. The van der Waals surface area contributed by atoms with Crippen molar-refractivity contribution in [1.29, 1.82) is 0 Å². The van der Waals surface area contributed by atoms with Gasteiger partial charge in [0.05, 0.1) is 25.3 Å². The maximum Gasteiger partial charge on any atom is 0.139 e. The van der Waals surface area contributed by atoms with Gasteiger partial charge in [0.25, 0.3) is 0 Å². The monoisotopic (exact) mass is 303 g/mol. The quantitative estimate of drug-likeness (QED) is 0.905. The van der Waals surface area contributed by atoms with Gasteiger partial charge in [-0.1, -0.05) is 17.7 Å². The smallest absolute Gasteiger partial charge is 0.139 e. The minimum Gasteiger partial charge on any atom is -0.497 e. The number of methoxy groups -OCH3 is 2. The summed E-state index contributed by atoms with van der Waals surface area (Å²) in [4.78, 5) is 0. The van der Waals surface area contributed by atoms with Crippen molar-refractivity contribution in [3.8, 4) is 11.5 Å². The summed E-state index contributed by atoms with van der Waals surface area (Å²) in [5, 5.41) is 4.18. The highest BCUT2D eigenvalue weighted by Gasteiger charge is 2.23. The lowest BCUT2D eigenvalue weighted by Crippen LogP contribution is -2.07. The number of hydrogen-bond donors (Lipinski definition) is 1. The molecule has 4 heteroatoms. The van der Waals surface area contributed by atoms with Crippen molar-refractivity contribution in [2.24, 2.45) is 0 Å². The first-order chi connectivity index (χ1) is 10.2. The number of fused-ring (bicyclic) bond motifs is 1. The van der Waals surface area contributed by atoms with Crippen LogP contribution in [0.15, 0.2) is 36.4 Å². The maximum atomic E-state index is 6.06. The van der Waals surface area contributed by atoms with Crippen LogP contribution >= 0.6 is 11.6 Å². The van der Waals surface area contributed by atoms with Gasteiger partial charge in [-0.2, -0.15) is 0 Å². The van der Waals surface area contributed by atoms with Gasteiger partial charge in [0.15, 0.2) is 0 Å². The van der Waals surface area contributed by atoms with Gasteiger partial charge < -0.3 is 14.8 Å². The molecular formula is C17H18ClNO2. The first-order valence-corrected chi connectivity index (χ1v) is 7.36. The first-order valence-electron chi connectivity index (χ1n) is 6.98. The summed E-state index contributed by atoms with van der Waals surface area (Å²) in [6.45, 7) is 0. The molecule has 0 saturated carbocycles. The van der Waals surface area contributed by atoms with Crippen LogP contribution in [0.1, 0.15) is 23.6 Å². The van der Waals surface area contributed by atoms with E-state index in [9.17, 15) is 0 Å². The van der Waals surface area contributed by atoms with E-state index in [4.69, 9.17) is 21.1 Å². The molecule has 3 rings (SSSR count). The molecule has 2 aromatic carbocycles. The number of anilines is 1. The average molecular weight is 304 g/mol. The highest BCUT2D eigenvalue weighted by Crippen LogP contribution is 2.37. The van der Waals surface area contributed by atoms with E-state index in [2.05, 4.69) is 17.4 Å². The number of halogens is 1. The molecule has 0 bridgehead atoms. The third kappa shape index (κ3) is 2.79. The lowest BCUT2D eigenvalue weighted by molar-refractivity contribution is 0.414. The largest absolute Gasteiger partial charge is 0.497 e. The summed E-state index contributed by atoms with van der Waals surface area (Å²) in [5.41, 5.74) is 3.70. The predicted molar refractivity (Wildman–Crippen MR) is 85.7 cm³/mol. The second-order valence-corrected chi connectivity index (χ2v) is 5.56. The molecule has 1 N–H and O–H groups in total. The van der Waals surface area contributed by atoms with E-state index < -0.39 is 0 Å². The van der Waals surface area contributed by atoms with Crippen LogP contribution in [0.4, 0.5) is 5.69 Å². The van der Waals surface area contributed by atoms with E-state index in [1.54, 1.807) is 14.2 Å². The Kier molecular flexibility index (Phi) is 3.93. The number of aryl methyl sites for hydroxylation is 1. The van der Waals surface area contributed by atoms with Crippen molar-refractivity contribution in [2.75, 3.05) is 19.5 Å². The molecule has 0 fully saturated rings. The molecule has 1 atom stereocenters. The summed E-state index contributed by atoms with van der Waals surface area (Å²) in [7, 11) is 3.32. The van der Waals surface area contributed by atoms with Crippen molar-refractivity contribution in [3.05, 3.63) is 52.5 Å². The second kappa shape index (κ2) is 5.86. The molecule has 1 aliphatic rings. The number of rotatable bonds is 4. The summed E-state index contributed by atoms with van der Waals surface area (Å²) in [6, 6.07) is 12.3. The second-order valence-electron chi connectivity index (χ2n) is 5.15. The van der Waals surface area contributed by atoms with Crippen LogP contribution < -0.4 is 14.8 Å². The van der Waals surface area contributed by atoms with E-state index in [-0.39, 0.29) is 0 Å². The normalized spacial score (nSPS) is 16.4. The molecule has 0 heterocycles. The van der Waals surface area contributed by atoms with E-state index in [1.165, 1.54) is 11.1 Å². The van der Waals surface area contributed by atoms with Crippen LogP contribution in [0.5, 0.6) is 11.5 Å². The maximum absolute atomic E-state index is 6.06. The highest BCUT2D eigenvalue weighted by atomic mass is 35.5. The molecule has 0 aromatic heterocycles. The van der Waals surface area contributed by atoms with Crippen LogP contribution in [0.2, 0.25) is 5.02 Å². The number of nitrogens with one attached hydrogen (secondary N) is 1. The molecule has 1 unspecified atom stereocenters. The van der Waals surface area contributed by atoms with Crippen LogP contribution in [0.25, 0.3) is 0 Å². The topological polar surface area (TPSA) is 30.5 Å². The SMILES string of the molecule is COc1ccc2c(c1)C(Nc1ccc(Cl)c(OC)c1)CC2. The third-order valence-electron chi connectivity index (χ3n) is 3.92. The molecular weight excluding hydrogens is 286 g/mol. The van der Waals surface area contributed by atoms with Gasteiger partial charge in [-0.15, -0.1) is 0 Å². The first kappa shape index (κ1) is 14.1. The van der Waals surface area contributed by atoms with Crippen molar-refractivity contribution in [1.82, 2.24) is 0 Å². The Balaban J connectivity index is 1.85. The Labute approximate surface area is 129 Å². The lowest BCUT2D eigenvalue weighted by Gasteiger charge is -2.17. The molecule has 1 aliphatic carbocycles. The standard InChI is InChI=1S/C17H18ClNO2/c1-20-13-6-3-11-4-8-16(14(11)10-13)19-12-5-7-15(18)17(9-12)21-2/h3,5-7,9-10,16,19H,4,8H2,1-2H3. The molecule has 0 amide bonds. The Morgan fingerprint density at radius 1 is 1.10 bits per heavy atom. The van der Waals surface area contributed by atoms with Crippen LogP contribution in [0.3, 0.4) is 0 Å². The lowest BCUT2D eigenvalue weighted by atomic mass is 10.1. The average Bonchev–Trinajstić information content (AvgIpc) is 2.91. The summed E-state index contributed by atoms with van der Waals surface area (Å²) in [6.07, 6.45) is 2.16. The van der Waals surface area contributed by atoms with Crippen LogP contribution in [0, 0.1) is 0 Å². The Hall–Kier alpha value is -1.87. The summed E-state index contributed by atoms with van der Waals surface area (Å²) >= 11 is 6.06. The Morgan fingerprint density at radius 2 is 1.95 bits per heavy atom. The molecule has 21 heavy (non-hydrogen) atoms. The van der Waals surface area contributed by atoms with E-state index in [1.807, 2.05) is 24.3 Å². The fraction of sp³-hybridized carbons (Fsp3) is 0.294. The minimum absolute atomic E-state index is 0.293. The van der Waals surface area contributed by atoms with Gasteiger partial charge in [0.2, 0.25) is 0 Å². The fourth-order valence-electron chi connectivity index (χ4n) is 2.81. The molecule has 3 nitrogen and oxygen atoms in total. The highest BCUT2D eigenvalue weighted by molar-refractivity contribution is 6.32. The van der Waals surface area contributed by atoms with Gasteiger partial charge in [0, 0.05) is 11.8 Å². The molecule has 0 saturated heterocycles. The Bertz CT molecular complexity index is 657. The minimum atomic E-state index is 0.293. The number of benzene rings is 2. The van der Waals surface area contributed by atoms with Crippen LogP contribution in [-0.2, 0) is 6.42 Å². The van der Waals surface area contributed by atoms with E-state index >= 15 is 0 Å². The molecule has 110 valence electrons. The fourth-order valence-corrected chi connectivity index (χ4v) is 3.00. The molecule has 0 spiro atoms. The number of hydrogen-bond acceptors (Lipinski definition) is 3. The zero-order valence-electron chi connectivity index (χ0n) is 12.2. The van der Waals surface area contributed by atoms with E-state index in [0.717, 1.165) is 24.3 Å². The molecule has 0 aliphatic heterocycles. The van der Waals surface area contributed by atoms with Gasteiger partial charge >= 0.3 is 0 Å². The zero-order valence-corrected chi connectivity index (χ0v) is 12.9. The summed E-state index contributed by atoms with van der Waals surface area (Å²) < 4.78 is 10.6. The summed E-state index contributed by atoms with van der Waals surface area (Å²) in [5.74, 6) is 1.58. The van der Waals surface area contributed by atoms with Crippen LogP contribution in [-0.4, -0.2) is 14.2 Å². The third-order valence-corrected chi connectivity index (χ3v) is 4.24. The van der Waals surface area contributed by atoms with Gasteiger partial charge in [-0.05, 0) is 48.2 Å².